The first-order valence-electron chi connectivity index (χ1n) is 8.03. The van der Waals surface area contributed by atoms with Crippen molar-refractivity contribution in [3.05, 3.63) is 0 Å². The molecule has 2 fully saturated rings. The summed E-state index contributed by atoms with van der Waals surface area (Å²) < 4.78 is 0. The summed E-state index contributed by atoms with van der Waals surface area (Å²) in [7, 11) is 0. The molecule has 6 nitrogen and oxygen atoms in total. The second kappa shape index (κ2) is 7.11. The number of piperidine rings is 1. The molecule has 0 aromatic rings. The van der Waals surface area contributed by atoms with Gasteiger partial charge in [0.05, 0.1) is 5.92 Å². The summed E-state index contributed by atoms with van der Waals surface area (Å²) in [5.74, 6) is -1.18. The maximum Gasteiger partial charge on any atom is 0.320 e. The third-order valence-corrected chi connectivity index (χ3v) is 4.84. The molecule has 2 aliphatic heterocycles. The quantitative estimate of drug-likeness (QED) is 0.853. The largest absolute Gasteiger partial charge is 0.481 e. The van der Waals surface area contributed by atoms with Gasteiger partial charge in [-0.15, -0.1) is 0 Å². The molecule has 120 valence electrons. The molecule has 2 rings (SSSR count). The van der Waals surface area contributed by atoms with E-state index in [4.69, 9.17) is 5.11 Å². The molecule has 6 heteroatoms. The molecule has 0 bridgehead atoms. The fraction of sp³-hybridized carbons (Fsp3) is 0.867. The molecular weight excluding hydrogens is 270 g/mol. The highest BCUT2D eigenvalue weighted by atomic mass is 16.4. The lowest BCUT2D eigenvalue weighted by molar-refractivity contribution is -0.143. The molecule has 0 saturated carbocycles. The van der Waals surface area contributed by atoms with Crippen molar-refractivity contribution in [1.82, 2.24) is 14.7 Å². The molecule has 2 saturated heterocycles. The Labute approximate surface area is 126 Å². The number of carbonyl (C=O) groups excluding carboxylic acids is 1. The zero-order valence-corrected chi connectivity index (χ0v) is 13.1. The van der Waals surface area contributed by atoms with Gasteiger partial charge in [0.25, 0.3) is 0 Å². The summed E-state index contributed by atoms with van der Waals surface area (Å²) in [5.41, 5.74) is 0. The van der Waals surface area contributed by atoms with Crippen LogP contribution < -0.4 is 0 Å². The van der Waals surface area contributed by atoms with Gasteiger partial charge >= 0.3 is 12.0 Å². The third kappa shape index (κ3) is 3.87. The number of carboxylic acids is 1. The van der Waals surface area contributed by atoms with Gasteiger partial charge in [-0.05, 0) is 26.2 Å². The van der Waals surface area contributed by atoms with E-state index in [9.17, 15) is 9.59 Å². The Morgan fingerprint density at radius 3 is 2.38 bits per heavy atom. The summed E-state index contributed by atoms with van der Waals surface area (Å²) in [6.45, 7) is 8.78. The number of likely N-dealkylation sites (tertiary alicyclic amines) is 1. The number of aliphatic carboxylic acids is 1. The van der Waals surface area contributed by atoms with Crippen LogP contribution in [0.25, 0.3) is 0 Å². The topological polar surface area (TPSA) is 64.1 Å². The predicted octanol–water partition coefficient (Wildman–Crippen LogP) is 1.32. The van der Waals surface area contributed by atoms with Crippen LogP contribution in [0.2, 0.25) is 0 Å². The number of carbonyl (C=O) groups is 2. The smallest absolute Gasteiger partial charge is 0.320 e. The molecular formula is C15H27N3O3. The molecule has 0 radical (unpaired) electrons. The van der Waals surface area contributed by atoms with E-state index in [1.165, 1.54) is 0 Å². The molecule has 0 aromatic carbocycles. The van der Waals surface area contributed by atoms with Crippen LogP contribution in [0.1, 0.15) is 33.1 Å². The van der Waals surface area contributed by atoms with E-state index in [2.05, 4.69) is 18.7 Å². The van der Waals surface area contributed by atoms with Crippen molar-refractivity contribution < 1.29 is 14.7 Å². The van der Waals surface area contributed by atoms with E-state index < -0.39 is 11.9 Å². The van der Waals surface area contributed by atoms with E-state index in [1.54, 1.807) is 4.90 Å². The highest BCUT2D eigenvalue weighted by Gasteiger charge is 2.32. The zero-order chi connectivity index (χ0) is 15.4. The second-order valence-electron chi connectivity index (χ2n) is 6.19. The van der Waals surface area contributed by atoms with Crippen LogP contribution in [0.3, 0.4) is 0 Å². The third-order valence-electron chi connectivity index (χ3n) is 4.84. The lowest BCUT2D eigenvalue weighted by Crippen LogP contribution is -2.56. The molecule has 2 atom stereocenters. The molecule has 21 heavy (non-hydrogen) atoms. The number of rotatable bonds is 3. The normalized spacial score (nSPS) is 25.7. The number of hydrogen-bond acceptors (Lipinski definition) is 3. The second-order valence-corrected chi connectivity index (χ2v) is 6.19. The average Bonchev–Trinajstić information content (AvgIpc) is 2.53. The van der Waals surface area contributed by atoms with Gasteiger partial charge < -0.3 is 14.9 Å². The highest BCUT2D eigenvalue weighted by molar-refractivity contribution is 5.76. The zero-order valence-electron chi connectivity index (χ0n) is 13.1. The first-order valence-corrected chi connectivity index (χ1v) is 8.03. The van der Waals surface area contributed by atoms with Crippen molar-refractivity contribution in [3.63, 3.8) is 0 Å². The van der Waals surface area contributed by atoms with Gasteiger partial charge in [0.2, 0.25) is 0 Å². The van der Waals surface area contributed by atoms with Crippen molar-refractivity contribution in [2.24, 2.45) is 5.92 Å². The van der Waals surface area contributed by atoms with Gasteiger partial charge in [-0.2, -0.15) is 0 Å². The van der Waals surface area contributed by atoms with Crippen LogP contribution in [0.4, 0.5) is 4.79 Å². The molecule has 2 aliphatic rings. The monoisotopic (exact) mass is 297 g/mol. The molecule has 2 amide bonds. The molecule has 1 unspecified atom stereocenters. The van der Waals surface area contributed by atoms with Crippen LogP contribution in [-0.4, -0.2) is 77.1 Å². The standard InChI is InChI=1S/C15H27N3O3/c1-3-12(2)16-7-9-17(10-8-16)15(21)18-6-4-5-13(11-18)14(19)20/h12-13H,3-11H2,1-2H3,(H,19,20)/t12?,13-/m1/s1. The first-order chi connectivity index (χ1) is 10.0. The maximum atomic E-state index is 12.5. The molecule has 2 heterocycles. The number of hydrogen-bond donors (Lipinski definition) is 1. The summed E-state index contributed by atoms with van der Waals surface area (Å²) in [6.07, 6.45) is 2.59. The fourth-order valence-electron chi connectivity index (χ4n) is 3.16. The fourth-order valence-corrected chi connectivity index (χ4v) is 3.16. The van der Waals surface area contributed by atoms with Crippen molar-refractivity contribution >= 4 is 12.0 Å². The lowest BCUT2D eigenvalue weighted by Gasteiger charge is -2.41. The Kier molecular flexibility index (Phi) is 5.45. The van der Waals surface area contributed by atoms with Crippen LogP contribution in [-0.2, 0) is 4.79 Å². The molecule has 0 aliphatic carbocycles. The lowest BCUT2D eigenvalue weighted by atomic mass is 9.98. The van der Waals surface area contributed by atoms with E-state index >= 15 is 0 Å². The SMILES string of the molecule is CCC(C)N1CCN(C(=O)N2CCC[C@@H](C(=O)O)C2)CC1. The van der Waals surface area contributed by atoms with Crippen molar-refractivity contribution in [1.29, 1.82) is 0 Å². The maximum absolute atomic E-state index is 12.5. The molecule has 1 N–H and O–H groups in total. The van der Waals surface area contributed by atoms with Crippen molar-refractivity contribution in [2.45, 2.75) is 39.2 Å². The number of urea groups is 1. The van der Waals surface area contributed by atoms with E-state index in [1.807, 2.05) is 4.90 Å². The number of carboxylic acid groups (broad SMARTS) is 1. The Morgan fingerprint density at radius 1 is 1.14 bits per heavy atom. The van der Waals surface area contributed by atoms with Gasteiger partial charge in [0, 0.05) is 45.3 Å². The Balaban J connectivity index is 1.85. The predicted molar refractivity (Wildman–Crippen MR) is 80.2 cm³/mol. The van der Waals surface area contributed by atoms with Crippen molar-refractivity contribution in [3.8, 4) is 0 Å². The molecule has 0 spiro atoms. The Hall–Kier alpha value is -1.30. The summed E-state index contributed by atoms with van der Waals surface area (Å²) in [4.78, 5) is 29.6. The minimum absolute atomic E-state index is 0.0183. The summed E-state index contributed by atoms with van der Waals surface area (Å²) in [6, 6.07) is 0.582. The van der Waals surface area contributed by atoms with E-state index in [0.717, 1.165) is 39.0 Å². The Morgan fingerprint density at radius 2 is 1.81 bits per heavy atom. The average molecular weight is 297 g/mol. The van der Waals surface area contributed by atoms with E-state index in [-0.39, 0.29) is 6.03 Å². The number of amides is 2. The van der Waals surface area contributed by atoms with Crippen LogP contribution in [0.15, 0.2) is 0 Å². The summed E-state index contributed by atoms with van der Waals surface area (Å²) in [5, 5.41) is 9.11. The number of nitrogens with zero attached hydrogens (tertiary/aromatic N) is 3. The first kappa shape index (κ1) is 16.1. The van der Waals surface area contributed by atoms with Gasteiger partial charge in [0.1, 0.15) is 0 Å². The minimum Gasteiger partial charge on any atom is -0.481 e. The molecule has 0 aromatic heterocycles. The Bertz CT molecular complexity index is 380. The highest BCUT2D eigenvalue weighted by Crippen LogP contribution is 2.19. The van der Waals surface area contributed by atoms with Gasteiger partial charge in [-0.25, -0.2) is 4.79 Å². The van der Waals surface area contributed by atoms with Gasteiger partial charge in [-0.1, -0.05) is 6.92 Å². The number of piperazine rings is 1. The van der Waals surface area contributed by atoms with Crippen LogP contribution in [0.5, 0.6) is 0 Å². The van der Waals surface area contributed by atoms with E-state index in [0.29, 0.717) is 25.6 Å². The minimum atomic E-state index is -0.783. The summed E-state index contributed by atoms with van der Waals surface area (Å²) >= 11 is 0. The van der Waals surface area contributed by atoms with Gasteiger partial charge in [0.15, 0.2) is 0 Å². The van der Waals surface area contributed by atoms with Gasteiger partial charge in [-0.3, -0.25) is 9.69 Å². The van der Waals surface area contributed by atoms with Crippen LogP contribution >= 0.6 is 0 Å². The van der Waals surface area contributed by atoms with Crippen LogP contribution in [0, 0.1) is 5.92 Å². The van der Waals surface area contributed by atoms with Crippen molar-refractivity contribution in [2.75, 3.05) is 39.3 Å².